The van der Waals surface area contributed by atoms with Crippen molar-refractivity contribution < 1.29 is 4.74 Å². The largest absolute Gasteiger partial charge is 0.497 e. The molecule has 2 rings (SSSR count). The lowest BCUT2D eigenvalue weighted by Gasteiger charge is -2.07. The van der Waals surface area contributed by atoms with Crippen LogP contribution in [0.25, 0.3) is 11.3 Å². The fourth-order valence-corrected chi connectivity index (χ4v) is 1.79. The van der Waals surface area contributed by atoms with Crippen LogP contribution < -0.4 is 4.74 Å². The van der Waals surface area contributed by atoms with Gasteiger partial charge in [-0.3, -0.25) is 0 Å². The second-order valence-electron chi connectivity index (χ2n) is 3.76. The zero-order valence-corrected chi connectivity index (χ0v) is 10.7. The summed E-state index contributed by atoms with van der Waals surface area (Å²) in [6.07, 6.45) is 0. The Hall–Kier alpha value is -1.61. The van der Waals surface area contributed by atoms with Gasteiger partial charge < -0.3 is 4.74 Å². The van der Waals surface area contributed by atoms with E-state index in [0.717, 1.165) is 22.7 Å². The molecule has 0 aliphatic rings. The summed E-state index contributed by atoms with van der Waals surface area (Å²) in [5.41, 5.74) is 3.39. The average Bonchev–Trinajstić information content (AvgIpc) is 2.34. The van der Waals surface area contributed by atoms with Crippen LogP contribution in [-0.2, 0) is 0 Å². The first kappa shape index (κ1) is 11.9. The molecule has 1 aromatic carbocycles. The number of aryl methyl sites for hydroxylation is 2. The molecule has 0 bridgehead atoms. The Labute approximate surface area is 105 Å². The van der Waals surface area contributed by atoms with Crippen molar-refractivity contribution in [3.8, 4) is 17.0 Å². The maximum atomic E-state index is 6.10. The van der Waals surface area contributed by atoms with Gasteiger partial charge in [0.2, 0.25) is 0 Å². The molecule has 0 aliphatic heterocycles. The predicted molar refractivity (Wildman–Crippen MR) is 68.5 cm³/mol. The molecule has 0 radical (unpaired) electrons. The van der Waals surface area contributed by atoms with Gasteiger partial charge in [-0.15, -0.1) is 0 Å². The van der Waals surface area contributed by atoms with E-state index in [4.69, 9.17) is 16.3 Å². The standard InChI is InChI=1S/C13H13ClN2O/c1-8-9(2)16-13(14)12(15-8)10-4-6-11(17-3)7-5-10/h4-7H,1-3H3. The zero-order chi connectivity index (χ0) is 12.4. The highest BCUT2D eigenvalue weighted by molar-refractivity contribution is 6.31. The molecule has 0 atom stereocenters. The van der Waals surface area contributed by atoms with Crippen LogP contribution in [0.15, 0.2) is 24.3 Å². The highest BCUT2D eigenvalue weighted by Gasteiger charge is 2.09. The van der Waals surface area contributed by atoms with E-state index in [1.165, 1.54) is 0 Å². The van der Waals surface area contributed by atoms with E-state index in [1.807, 2.05) is 38.1 Å². The van der Waals surface area contributed by atoms with E-state index in [0.29, 0.717) is 10.8 Å². The van der Waals surface area contributed by atoms with Crippen LogP contribution >= 0.6 is 11.6 Å². The van der Waals surface area contributed by atoms with E-state index >= 15 is 0 Å². The number of benzene rings is 1. The number of aromatic nitrogens is 2. The van der Waals surface area contributed by atoms with Gasteiger partial charge in [0.1, 0.15) is 11.4 Å². The Kier molecular flexibility index (Phi) is 3.29. The number of rotatable bonds is 2. The highest BCUT2D eigenvalue weighted by Crippen LogP contribution is 2.26. The van der Waals surface area contributed by atoms with Gasteiger partial charge in [-0.05, 0) is 38.1 Å². The van der Waals surface area contributed by atoms with Crippen LogP contribution in [0.2, 0.25) is 5.15 Å². The zero-order valence-electron chi connectivity index (χ0n) is 9.99. The average molecular weight is 249 g/mol. The third kappa shape index (κ3) is 2.39. The molecular weight excluding hydrogens is 236 g/mol. The normalized spacial score (nSPS) is 10.4. The van der Waals surface area contributed by atoms with Gasteiger partial charge in [0, 0.05) is 5.56 Å². The summed E-state index contributed by atoms with van der Waals surface area (Å²) in [5, 5.41) is 0.429. The summed E-state index contributed by atoms with van der Waals surface area (Å²) in [4.78, 5) is 8.73. The van der Waals surface area contributed by atoms with Crippen molar-refractivity contribution in [2.75, 3.05) is 7.11 Å². The maximum Gasteiger partial charge on any atom is 0.155 e. The lowest BCUT2D eigenvalue weighted by molar-refractivity contribution is 0.415. The third-order valence-electron chi connectivity index (χ3n) is 2.63. The Morgan fingerprint density at radius 2 is 1.59 bits per heavy atom. The Morgan fingerprint density at radius 3 is 2.18 bits per heavy atom. The van der Waals surface area contributed by atoms with Crippen molar-refractivity contribution in [3.05, 3.63) is 40.8 Å². The van der Waals surface area contributed by atoms with Gasteiger partial charge in [0.15, 0.2) is 5.15 Å². The lowest BCUT2D eigenvalue weighted by atomic mass is 10.1. The van der Waals surface area contributed by atoms with Crippen molar-refractivity contribution in [2.24, 2.45) is 0 Å². The monoisotopic (exact) mass is 248 g/mol. The van der Waals surface area contributed by atoms with Crippen LogP contribution in [0, 0.1) is 13.8 Å². The number of hydrogen-bond donors (Lipinski definition) is 0. The minimum absolute atomic E-state index is 0.429. The molecule has 0 aliphatic carbocycles. The molecule has 3 nitrogen and oxygen atoms in total. The first-order valence-electron chi connectivity index (χ1n) is 5.27. The fraction of sp³-hybridized carbons (Fsp3) is 0.231. The summed E-state index contributed by atoms with van der Waals surface area (Å²) in [7, 11) is 1.64. The minimum Gasteiger partial charge on any atom is -0.497 e. The topological polar surface area (TPSA) is 35.0 Å². The molecule has 88 valence electrons. The van der Waals surface area contributed by atoms with Crippen molar-refractivity contribution >= 4 is 11.6 Å². The van der Waals surface area contributed by atoms with Gasteiger partial charge in [0.25, 0.3) is 0 Å². The number of halogens is 1. The van der Waals surface area contributed by atoms with Crippen molar-refractivity contribution in [3.63, 3.8) is 0 Å². The summed E-state index contributed by atoms with van der Waals surface area (Å²) >= 11 is 6.10. The Balaban J connectivity index is 2.48. The summed E-state index contributed by atoms with van der Waals surface area (Å²) < 4.78 is 5.11. The van der Waals surface area contributed by atoms with Crippen molar-refractivity contribution in [1.29, 1.82) is 0 Å². The molecule has 0 saturated heterocycles. The summed E-state index contributed by atoms with van der Waals surface area (Å²) in [6, 6.07) is 7.60. The van der Waals surface area contributed by atoms with Gasteiger partial charge in [-0.1, -0.05) is 11.6 Å². The molecule has 1 heterocycles. The number of ether oxygens (including phenoxy) is 1. The van der Waals surface area contributed by atoms with Crippen LogP contribution in [0.5, 0.6) is 5.75 Å². The highest BCUT2D eigenvalue weighted by atomic mass is 35.5. The van der Waals surface area contributed by atoms with E-state index < -0.39 is 0 Å². The molecular formula is C13H13ClN2O. The first-order valence-corrected chi connectivity index (χ1v) is 5.65. The van der Waals surface area contributed by atoms with Crippen LogP contribution in [0.4, 0.5) is 0 Å². The maximum absolute atomic E-state index is 6.10. The third-order valence-corrected chi connectivity index (χ3v) is 2.89. The number of nitrogens with zero attached hydrogens (tertiary/aromatic N) is 2. The lowest BCUT2D eigenvalue weighted by Crippen LogP contribution is -1.96. The molecule has 0 amide bonds. The first-order chi connectivity index (χ1) is 8.11. The summed E-state index contributed by atoms with van der Waals surface area (Å²) in [6.45, 7) is 3.82. The van der Waals surface area contributed by atoms with E-state index in [1.54, 1.807) is 7.11 Å². The predicted octanol–water partition coefficient (Wildman–Crippen LogP) is 3.42. The molecule has 17 heavy (non-hydrogen) atoms. The van der Waals surface area contributed by atoms with Crippen molar-refractivity contribution in [1.82, 2.24) is 9.97 Å². The molecule has 0 spiro atoms. The van der Waals surface area contributed by atoms with Gasteiger partial charge in [0.05, 0.1) is 18.5 Å². The summed E-state index contributed by atoms with van der Waals surface area (Å²) in [5.74, 6) is 0.807. The molecule has 0 saturated carbocycles. The number of methoxy groups -OCH3 is 1. The van der Waals surface area contributed by atoms with Crippen LogP contribution in [0.3, 0.4) is 0 Å². The van der Waals surface area contributed by atoms with Crippen molar-refractivity contribution in [2.45, 2.75) is 13.8 Å². The smallest absolute Gasteiger partial charge is 0.155 e. The second kappa shape index (κ2) is 4.72. The molecule has 0 unspecified atom stereocenters. The van der Waals surface area contributed by atoms with Crippen LogP contribution in [-0.4, -0.2) is 17.1 Å². The molecule has 0 fully saturated rings. The Bertz CT molecular complexity index is 538. The SMILES string of the molecule is COc1ccc(-c2nc(C)c(C)nc2Cl)cc1. The van der Waals surface area contributed by atoms with E-state index in [9.17, 15) is 0 Å². The van der Waals surface area contributed by atoms with Gasteiger partial charge >= 0.3 is 0 Å². The van der Waals surface area contributed by atoms with Gasteiger partial charge in [-0.25, -0.2) is 9.97 Å². The van der Waals surface area contributed by atoms with E-state index in [-0.39, 0.29) is 0 Å². The Morgan fingerprint density at radius 1 is 1.00 bits per heavy atom. The van der Waals surface area contributed by atoms with Gasteiger partial charge in [-0.2, -0.15) is 0 Å². The molecule has 0 N–H and O–H groups in total. The molecule has 4 heteroatoms. The minimum atomic E-state index is 0.429. The quantitative estimate of drug-likeness (QED) is 0.817. The van der Waals surface area contributed by atoms with E-state index in [2.05, 4.69) is 9.97 Å². The second-order valence-corrected chi connectivity index (χ2v) is 4.12. The van der Waals surface area contributed by atoms with Crippen LogP contribution in [0.1, 0.15) is 11.4 Å². The fourth-order valence-electron chi connectivity index (χ4n) is 1.51. The molecule has 2 aromatic rings. The molecule has 1 aromatic heterocycles. The number of hydrogen-bond acceptors (Lipinski definition) is 3.